The number of benzene rings is 1. The average molecular weight is 455 g/mol. The van der Waals surface area contributed by atoms with Crippen LogP contribution in [-0.2, 0) is 13.6 Å². The van der Waals surface area contributed by atoms with Crippen molar-refractivity contribution in [3.8, 4) is 11.5 Å². The van der Waals surface area contributed by atoms with Gasteiger partial charge in [0.05, 0.1) is 20.8 Å². The van der Waals surface area contributed by atoms with Crippen molar-refractivity contribution >= 4 is 17.2 Å². The molecular weight excluding hydrogens is 424 g/mol. The number of hydrogen-bond donors (Lipinski definition) is 1. The number of nitrogens with zero attached hydrogens (tertiary/aromatic N) is 3. The summed E-state index contributed by atoms with van der Waals surface area (Å²) in [6.07, 6.45) is 10.6. The van der Waals surface area contributed by atoms with E-state index < -0.39 is 0 Å². The summed E-state index contributed by atoms with van der Waals surface area (Å²) in [6.45, 7) is 1.47. The second kappa shape index (κ2) is 11.0. The van der Waals surface area contributed by atoms with Crippen molar-refractivity contribution < 1.29 is 14.3 Å². The maximum absolute atomic E-state index is 12.8. The SMILES string of the molecule is COc1ccc(C(=O)NC2=CC=CC=C(CN=c3sc(CN(C)C)cn3C)C2)cc1OC. The first kappa shape index (κ1) is 23.6. The van der Waals surface area contributed by atoms with Crippen molar-refractivity contribution in [3.05, 3.63) is 75.2 Å². The van der Waals surface area contributed by atoms with Crippen molar-refractivity contribution in [2.24, 2.45) is 12.0 Å². The molecule has 0 aliphatic heterocycles. The molecular formula is C24H30N4O3S. The van der Waals surface area contributed by atoms with E-state index in [0.29, 0.717) is 30.0 Å². The van der Waals surface area contributed by atoms with E-state index in [1.807, 2.05) is 25.3 Å². The number of ether oxygens (including phenoxy) is 2. The van der Waals surface area contributed by atoms with Gasteiger partial charge in [-0.05, 0) is 43.9 Å². The molecule has 1 N–H and O–H groups in total. The number of amides is 1. The van der Waals surface area contributed by atoms with Gasteiger partial charge in [0.15, 0.2) is 16.3 Å². The first-order valence-electron chi connectivity index (χ1n) is 10.3. The van der Waals surface area contributed by atoms with Gasteiger partial charge in [0.1, 0.15) is 0 Å². The largest absolute Gasteiger partial charge is 0.493 e. The third-order valence-electron chi connectivity index (χ3n) is 4.83. The number of nitrogens with one attached hydrogen (secondary N) is 1. The van der Waals surface area contributed by atoms with Crippen LogP contribution < -0.4 is 19.6 Å². The second-order valence-corrected chi connectivity index (χ2v) is 8.84. The highest BCUT2D eigenvalue weighted by atomic mass is 32.1. The highest BCUT2D eigenvalue weighted by molar-refractivity contribution is 7.09. The van der Waals surface area contributed by atoms with Crippen molar-refractivity contribution in [1.82, 2.24) is 14.8 Å². The van der Waals surface area contributed by atoms with Crippen LogP contribution in [0, 0.1) is 0 Å². The number of thiazole rings is 1. The fraction of sp³-hybridized carbons (Fsp3) is 0.333. The van der Waals surface area contributed by atoms with Crippen molar-refractivity contribution in [3.63, 3.8) is 0 Å². The Hall–Kier alpha value is -3.10. The van der Waals surface area contributed by atoms with Gasteiger partial charge < -0.3 is 24.3 Å². The summed E-state index contributed by atoms with van der Waals surface area (Å²) in [5.41, 5.74) is 2.45. The highest BCUT2D eigenvalue weighted by Crippen LogP contribution is 2.27. The first-order valence-corrected chi connectivity index (χ1v) is 11.1. The summed E-state index contributed by atoms with van der Waals surface area (Å²) in [5.74, 6) is 0.913. The van der Waals surface area contributed by atoms with E-state index in [0.717, 1.165) is 22.6 Å². The Kier molecular flexibility index (Phi) is 8.08. The Morgan fingerprint density at radius 2 is 1.94 bits per heavy atom. The molecule has 3 rings (SSSR count). The van der Waals surface area contributed by atoms with Crippen LogP contribution in [0.3, 0.4) is 0 Å². The Morgan fingerprint density at radius 3 is 2.66 bits per heavy atom. The van der Waals surface area contributed by atoms with E-state index in [9.17, 15) is 4.79 Å². The van der Waals surface area contributed by atoms with Gasteiger partial charge >= 0.3 is 0 Å². The van der Waals surface area contributed by atoms with Gasteiger partial charge in [-0.2, -0.15) is 0 Å². The third kappa shape index (κ3) is 6.21. The second-order valence-electron chi connectivity index (χ2n) is 7.75. The summed E-state index contributed by atoms with van der Waals surface area (Å²) in [4.78, 5) is 22.0. The molecule has 0 saturated heterocycles. The van der Waals surface area contributed by atoms with Crippen molar-refractivity contribution in [1.29, 1.82) is 0 Å². The Morgan fingerprint density at radius 1 is 1.19 bits per heavy atom. The minimum Gasteiger partial charge on any atom is -0.493 e. The summed E-state index contributed by atoms with van der Waals surface area (Å²) < 4.78 is 12.6. The van der Waals surface area contributed by atoms with Gasteiger partial charge in [0.2, 0.25) is 0 Å². The van der Waals surface area contributed by atoms with Crippen LogP contribution in [0.4, 0.5) is 0 Å². The van der Waals surface area contributed by atoms with Crippen LogP contribution in [0.1, 0.15) is 21.7 Å². The molecule has 170 valence electrons. The van der Waals surface area contributed by atoms with Gasteiger partial charge in [-0.25, -0.2) is 0 Å². The summed E-state index contributed by atoms with van der Waals surface area (Å²) in [7, 11) is 9.26. The van der Waals surface area contributed by atoms with Crippen LogP contribution in [0.25, 0.3) is 0 Å². The molecule has 1 aliphatic rings. The molecule has 0 atom stereocenters. The highest BCUT2D eigenvalue weighted by Gasteiger charge is 2.13. The lowest BCUT2D eigenvalue weighted by molar-refractivity contribution is 0.0964. The third-order valence-corrected chi connectivity index (χ3v) is 5.93. The van der Waals surface area contributed by atoms with E-state index in [4.69, 9.17) is 14.5 Å². The number of carbonyl (C=O) groups is 1. The molecule has 0 spiro atoms. The minimum atomic E-state index is -0.193. The number of hydrogen-bond acceptors (Lipinski definition) is 6. The van der Waals surface area contributed by atoms with Crippen LogP contribution in [0.5, 0.6) is 11.5 Å². The molecule has 1 aromatic heterocycles. The number of aromatic nitrogens is 1. The monoisotopic (exact) mass is 454 g/mol. The molecule has 0 saturated carbocycles. The molecule has 1 amide bonds. The summed E-state index contributed by atoms with van der Waals surface area (Å²) in [5, 5.41) is 3.01. The van der Waals surface area contributed by atoms with E-state index in [2.05, 4.69) is 41.2 Å². The predicted molar refractivity (Wildman–Crippen MR) is 128 cm³/mol. The lowest BCUT2D eigenvalue weighted by Gasteiger charge is -2.12. The quantitative estimate of drug-likeness (QED) is 0.665. The zero-order chi connectivity index (χ0) is 23.1. The lowest BCUT2D eigenvalue weighted by atomic mass is 10.1. The topological polar surface area (TPSA) is 68.1 Å². The Balaban J connectivity index is 1.68. The predicted octanol–water partition coefficient (Wildman–Crippen LogP) is 3.27. The van der Waals surface area contributed by atoms with Crippen molar-refractivity contribution in [2.75, 3.05) is 34.9 Å². The zero-order valence-corrected chi connectivity index (χ0v) is 20.0. The van der Waals surface area contributed by atoms with Crippen molar-refractivity contribution in [2.45, 2.75) is 13.0 Å². The van der Waals surface area contributed by atoms with Gasteiger partial charge in [0, 0.05) is 42.3 Å². The van der Waals surface area contributed by atoms with E-state index in [1.165, 1.54) is 4.88 Å². The molecule has 7 nitrogen and oxygen atoms in total. The molecule has 0 radical (unpaired) electrons. The molecule has 0 fully saturated rings. The Bertz CT molecular complexity index is 1120. The summed E-state index contributed by atoms with van der Waals surface area (Å²) >= 11 is 1.70. The van der Waals surface area contributed by atoms with Gasteiger partial charge in [-0.3, -0.25) is 9.79 Å². The fourth-order valence-electron chi connectivity index (χ4n) is 3.30. The van der Waals surface area contributed by atoms with Crippen LogP contribution >= 0.6 is 11.3 Å². The van der Waals surface area contributed by atoms with E-state index >= 15 is 0 Å². The molecule has 0 unspecified atom stereocenters. The van der Waals surface area contributed by atoms with E-state index in [-0.39, 0.29) is 5.91 Å². The maximum Gasteiger partial charge on any atom is 0.255 e. The molecule has 1 aromatic carbocycles. The average Bonchev–Trinajstić information content (AvgIpc) is 2.96. The van der Waals surface area contributed by atoms with Crippen LogP contribution in [0.2, 0.25) is 0 Å². The molecule has 1 heterocycles. The molecule has 1 aliphatic carbocycles. The van der Waals surface area contributed by atoms with Crippen LogP contribution in [-0.4, -0.2) is 50.2 Å². The summed E-state index contributed by atoms with van der Waals surface area (Å²) in [6, 6.07) is 5.12. The van der Waals surface area contributed by atoms with Crippen LogP contribution in [0.15, 0.2) is 65.0 Å². The number of carbonyl (C=O) groups excluding carboxylic acids is 1. The minimum absolute atomic E-state index is 0.193. The lowest BCUT2D eigenvalue weighted by Crippen LogP contribution is -2.23. The molecule has 0 bridgehead atoms. The zero-order valence-electron chi connectivity index (χ0n) is 19.2. The number of allylic oxidation sites excluding steroid dienone is 5. The smallest absolute Gasteiger partial charge is 0.255 e. The standard InChI is InChI=1S/C24H30N4O3S/c1-27(2)15-20-16-28(3)24(32-20)25-14-17-8-6-7-9-19(12-17)26-23(29)18-10-11-21(30-4)22(13-18)31-5/h6-11,13,16H,12,14-15H2,1-5H3,(H,26,29). The molecule has 8 heteroatoms. The molecule has 32 heavy (non-hydrogen) atoms. The maximum atomic E-state index is 12.8. The number of rotatable bonds is 8. The fourth-order valence-corrected chi connectivity index (χ4v) is 4.39. The van der Waals surface area contributed by atoms with Gasteiger partial charge in [-0.15, -0.1) is 11.3 Å². The normalized spacial score (nSPS) is 14.1. The number of methoxy groups -OCH3 is 2. The van der Waals surface area contributed by atoms with E-state index in [1.54, 1.807) is 43.8 Å². The van der Waals surface area contributed by atoms with Gasteiger partial charge in [-0.1, -0.05) is 18.2 Å². The molecule has 2 aromatic rings. The number of aryl methyl sites for hydroxylation is 1. The Labute approximate surface area is 193 Å². The first-order chi connectivity index (χ1) is 15.4. The van der Waals surface area contributed by atoms with Gasteiger partial charge in [0.25, 0.3) is 5.91 Å².